The number of rotatable bonds is 4. The molecular weight excluding hydrogens is 364 g/mol. The number of nitrogens with zero attached hydrogens (tertiary/aromatic N) is 3. The van der Waals surface area contributed by atoms with Crippen molar-refractivity contribution in [2.75, 3.05) is 5.32 Å². The lowest BCUT2D eigenvalue weighted by molar-refractivity contribution is -0.384. The number of carbonyl (C=O) groups excluding carboxylic acids is 1. The fraction of sp³-hybridized carbons (Fsp3) is 0.0625. The van der Waals surface area contributed by atoms with Crippen molar-refractivity contribution >= 4 is 39.7 Å². The lowest BCUT2D eigenvalue weighted by Crippen LogP contribution is -2.12. The molecule has 25 heavy (non-hydrogen) atoms. The summed E-state index contributed by atoms with van der Waals surface area (Å²) in [4.78, 5) is 22.6. The van der Waals surface area contributed by atoms with Crippen LogP contribution in [0.25, 0.3) is 10.6 Å². The van der Waals surface area contributed by atoms with Crippen LogP contribution in [-0.4, -0.2) is 21.0 Å². The first-order valence-electron chi connectivity index (χ1n) is 7.10. The van der Waals surface area contributed by atoms with Crippen molar-refractivity contribution in [1.29, 1.82) is 0 Å². The molecule has 0 aliphatic rings. The molecule has 0 radical (unpaired) electrons. The smallest absolute Gasteiger partial charge is 0.270 e. The first-order chi connectivity index (χ1) is 11.9. The molecule has 1 heterocycles. The van der Waals surface area contributed by atoms with E-state index >= 15 is 0 Å². The minimum Gasteiger partial charge on any atom is -0.296 e. The van der Waals surface area contributed by atoms with Crippen molar-refractivity contribution < 1.29 is 9.72 Å². The first kappa shape index (κ1) is 17.0. The number of aryl methyl sites for hydroxylation is 1. The van der Waals surface area contributed by atoms with Gasteiger partial charge in [-0.3, -0.25) is 20.2 Å². The van der Waals surface area contributed by atoms with Gasteiger partial charge in [0.2, 0.25) is 5.13 Å². The minimum absolute atomic E-state index is 0.00294. The highest BCUT2D eigenvalue weighted by Crippen LogP contribution is 2.28. The molecule has 0 saturated carbocycles. The largest absolute Gasteiger partial charge is 0.296 e. The summed E-state index contributed by atoms with van der Waals surface area (Å²) >= 11 is 7.17. The lowest BCUT2D eigenvalue weighted by atomic mass is 10.1. The van der Waals surface area contributed by atoms with Crippen LogP contribution < -0.4 is 5.32 Å². The van der Waals surface area contributed by atoms with Gasteiger partial charge in [0.05, 0.1) is 15.5 Å². The van der Waals surface area contributed by atoms with Crippen LogP contribution in [0.15, 0.2) is 42.5 Å². The zero-order valence-electron chi connectivity index (χ0n) is 12.9. The predicted molar refractivity (Wildman–Crippen MR) is 96.1 cm³/mol. The maximum absolute atomic E-state index is 12.3. The molecule has 9 heteroatoms. The van der Waals surface area contributed by atoms with Gasteiger partial charge in [-0.2, -0.15) is 0 Å². The standard InChI is InChI=1S/C16H11ClN4O3S/c1-9-3-2-4-10(7-9)15-19-20-16(25-15)18-14(22)12-8-11(21(23)24)5-6-13(12)17/h2-8H,1H3,(H,18,20,22). The number of amides is 1. The summed E-state index contributed by atoms with van der Waals surface area (Å²) in [5.41, 5.74) is 1.77. The monoisotopic (exact) mass is 374 g/mol. The highest BCUT2D eigenvalue weighted by Gasteiger charge is 2.17. The van der Waals surface area contributed by atoms with Gasteiger partial charge < -0.3 is 0 Å². The highest BCUT2D eigenvalue weighted by atomic mass is 35.5. The number of nitrogens with one attached hydrogen (secondary N) is 1. The summed E-state index contributed by atoms with van der Waals surface area (Å²) in [6.45, 7) is 1.97. The average Bonchev–Trinajstić information content (AvgIpc) is 3.03. The molecule has 126 valence electrons. The summed E-state index contributed by atoms with van der Waals surface area (Å²) in [6, 6.07) is 11.4. The van der Waals surface area contributed by atoms with E-state index in [1.54, 1.807) is 0 Å². The van der Waals surface area contributed by atoms with Gasteiger partial charge in [-0.15, -0.1) is 10.2 Å². The number of halogens is 1. The Morgan fingerprint density at radius 2 is 2.04 bits per heavy atom. The Morgan fingerprint density at radius 1 is 1.24 bits per heavy atom. The van der Waals surface area contributed by atoms with Crippen LogP contribution in [0.5, 0.6) is 0 Å². The second-order valence-corrected chi connectivity index (χ2v) is 6.54. The Bertz CT molecular complexity index is 974. The third kappa shape index (κ3) is 3.81. The molecule has 0 aliphatic carbocycles. The molecule has 0 aliphatic heterocycles. The summed E-state index contributed by atoms with van der Waals surface area (Å²) < 4.78 is 0. The molecule has 0 bridgehead atoms. The second-order valence-electron chi connectivity index (χ2n) is 5.16. The van der Waals surface area contributed by atoms with Crippen molar-refractivity contribution in [3.63, 3.8) is 0 Å². The van der Waals surface area contributed by atoms with Crippen LogP contribution in [0.4, 0.5) is 10.8 Å². The van der Waals surface area contributed by atoms with E-state index in [2.05, 4.69) is 15.5 Å². The summed E-state index contributed by atoms with van der Waals surface area (Å²) in [7, 11) is 0. The SMILES string of the molecule is Cc1cccc(-c2nnc(NC(=O)c3cc([N+](=O)[O-])ccc3Cl)s2)c1. The number of benzene rings is 2. The van der Waals surface area contributed by atoms with E-state index < -0.39 is 10.8 Å². The molecule has 3 rings (SSSR count). The number of hydrogen-bond donors (Lipinski definition) is 1. The van der Waals surface area contributed by atoms with Gasteiger partial charge >= 0.3 is 0 Å². The van der Waals surface area contributed by atoms with E-state index in [4.69, 9.17) is 11.6 Å². The molecule has 1 amide bonds. The molecule has 1 N–H and O–H groups in total. The third-order valence-corrected chi connectivity index (χ3v) is 4.53. The molecule has 0 saturated heterocycles. The number of nitro benzene ring substituents is 1. The summed E-state index contributed by atoms with van der Waals surface area (Å²) in [5, 5.41) is 22.5. The predicted octanol–water partition coefficient (Wildman–Crippen LogP) is 4.33. The van der Waals surface area contributed by atoms with Gasteiger partial charge in [-0.1, -0.05) is 46.7 Å². The van der Waals surface area contributed by atoms with Crippen LogP contribution in [0, 0.1) is 17.0 Å². The van der Waals surface area contributed by atoms with Gasteiger partial charge in [0.25, 0.3) is 11.6 Å². The third-order valence-electron chi connectivity index (χ3n) is 3.32. The Kier molecular flexibility index (Phi) is 4.73. The van der Waals surface area contributed by atoms with E-state index in [9.17, 15) is 14.9 Å². The molecule has 0 unspecified atom stereocenters. The van der Waals surface area contributed by atoms with E-state index in [1.807, 2.05) is 31.2 Å². The molecule has 2 aromatic carbocycles. The van der Waals surface area contributed by atoms with Crippen LogP contribution in [0.2, 0.25) is 5.02 Å². The normalized spacial score (nSPS) is 10.5. The Morgan fingerprint density at radius 3 is 2.76 bits per heavy atom. The lowest BCUT2D eigenvalue weighted by Gasteiger charge is -2.03. The zero-order chi connectivity index (χ0) is 18.0. The van der Waals surface area contributed by atoms with Gasteiger partial charge in [0.1, 0.15) is 5.01 Å². The number of anilines is 1. The van der Waals surface area contributed by atoms with Crippen molar-refractivity contribution in [2.24, 2.45) is 0 Å². The second kappa shape index (κ2) is 6.96. The van der Waals surface area contributed by atoms with Gasteiger partial charge in [0.15, 0.2) is 0 Å². The van der Waals surface area contributed by atoms with Crippen LogP contribution >= 0.6 is 22.9 Å². The van der Waals surface area contributed by atoms with Crippen LogP contribution in [-0.2, 0) is 0 Å². The summed E-state index contributed by atoms with van der Waals surface area (Å²) in [6.07, 6.45) is 0. The Labute approximate surface area is 151 Å². The molecule has 1 aromatic heterocycles. The molecule has 0 spiro atoms. The molecule has 3 aromatic rings. The van der Waals surface area contributed by atoms with Crippen LogP contribution in [0.3, 0.4) is 0 Å². The number of nitro groups is 1. The number of hydrogen-bond acceptors (Lipinski definition) is 6. The van der Waals surface area contributed by atoms with E-state index in [0.717, 1.165) is 17.2 Å². The Hall–Kier alpha value is -2.84. The van der Waals surface area contributed by atoms with Gasteiger partial charge in [-0.05, 0) is 19.1 Å². The number of carbonyl (C=O) groups is 1. The number of aromatic nitrogens is 2. The van der Waals surface area contributed by atoms with Crippen molar-refractivity contribution in [1.82, 2.24) is 10.2 Å². The zero-order valence-corrected chi connectivity index (χ0v) is 14.5. The van der Waals surface area contributed by atoms with Crippen LogP contribution in [0.1, 0.15) is 15.9 Å². The topological polar surface area (TPSA) is 98.0 Å². The minimum atomic E-state index is -0.589. The maximum Gasteiger partial charge on any atom is 0.270 e. The quantitative estimate of drug-likeness (QED) is 0.541. The van der Waals surface area contributed by atoms with Gasteiger partial charge in [-0.25, -0.2) is 0 Å². The van der Waals surface area contributed by atoms with E-state index in [0.29, 0.717) is 5.01 Å². The molecule has 0 atom stereocenters. The van der Waals surface area contributed by atoms with E-state index in [-0.39, 0.29) is 21.4 Å². The van der Waals surface area contributed by atoms with Crippen molar-refractivity contribution in [3.05, 3.63) is 68.7 Å². The fourth-order valence-electron chi connectivity index (χ4n) is 2.13. The highest BCUT2D eigenvalue weighted by molar-refractivity contribution is 7.18. The molecular formula is C16H11ClN4O3S. The van der Waals surface area contributed by atoms with Crippen molar-refractivity contribution in [3.8, 4) is 10.6 Å². The average molecular weight is 375 g/mol. The van der Waals surface area contributed by atoms with Gasteiger partial charge in [0, 0.05) is 17.7 Å². The van der Waals surface area contributed by atoms with E-state index in [1.165, 1.54) is 23.5 Å². The molecule has 0 fully saturated rings. The summed E-state index contributed by atoms with van der Waals surface area (Å²) in [5.74, 6) is -0.583. The molecule has 7 nitrogen and oxygen atoms in total. The van der Waals surface area contributed by atoms with Crippen molar-refractivity contribution in [2.45, 2.75) is 6.92 Å². The number of non-ortho nitro benzene ring substituents is 1. The first-order valence-corrected chi connectivity index (χ1v) is 8.29. The fourth-order valence-corrected chi connectivity index (χ4v) is 3.07. The Balaban J connectivity index is 1.83. The maximum atomic E-state index is 12.3.